The van der Waals surface area contributed by atoms with E-state index in [-0.39, 0.29) is 5.28 Å². The molecule has 2 aromatic heterocycles. The Hall–Kier alpha value is -1.19. The maximum absolute atomic E-state index is 5.98. The lowest BCUT2D eigenvalue weighted by atomic mass is 10.1. The van der Waals surface area contributed by atoms with Crippen LogP contribution in [0, 0.1) is 0 Å². The second-order valence-corrected chi connectivity index (χ2v) is 4.35. The molecular formula is C12H11Cl2N3. The summed E-state index contributed by atoms with van der Waals surface area (Å²) in [5, 5.41) is 0.803. The zero-order valence-electron chi connectivity index (χ0n) is 9.11. The highest BCUT2D eigenvalue weighted by Gasteiger charge is 2.04. The van der Waals surface area contributed by atoms with Gasteiger partial charge >= 0.3 is 0 Å². The molecule has 0 saturated carbocycles. The molecule has 5 heteroatoms. The van der Waals surface area contributed by atoms with E-state index in [1.807, 2.05) is 18.2 Å². The van der Waals surface area contributed by atoms with Crippen LogP contribution in [0.25, 0.3) is 0 Å². The molecular weight excluding hydrogens is 257 g/mol. The molecule has 0 aromatic carbocycles. The standard InChI is InChI=1S/C12H11Cl2N3/c13-10-8-16-12(14)17-11(10)6-3-5-9-4-1-2-7-15-9/h1-2,4,7-8H,3,5-6H2. The van der Waals surface area contributed by atoms with Crippen molar-refractivity contribution in [2.75, 3.05) is 0 Å². The molecule has 0 aliphatic heterocycles. The number of hydrogen-bond donors (Lipinski definition) is 0. The van der Waals surface area contributed by atoms with Gasteiger partial charge in [0.15, 0.2) is 0 Å². The largest absolute Gasteiger partial charge is 0.261 e. The Balaban J connectivity index is 1.92. The molecule has 2 rings (SSSR count). The first kappa shape index (κ1) is 12.3. The fraction of sp³-hybridized carbons (Fsp3) is 0.250. The van der Waals surface area contributed by atoms with Gasteiger partial charge in [-0.1, -0.05) is 17.7 Å². The molecule has 0 bridgehead atoms. The summed E-state index contributed by atoms with van der Waals surface area (Å²) in [6, 6.07) is 5.90. The lowest BCUT2D eigenvalue weighted by molar-refractivity contribution is 0.778. The number of halogens is 2. The molecule has 0 aliphatic rings. The van der Waals surface area contributed by atoms with Gasteiger partial charge < -0.3 is 0 Å². The van der Waals surface area contributed by atoms with E-state index in [2.05, 4.69) is 15.0 Å². The highest BCUT2D eigenvalue weighted by Crippen LogP contribution is 2.16. The second-order valence-electron chi connectivity index (χ2n) is 3.61. The first-order valence-corrected chi connectivity index (χ1v) is 6.08. The van der Waals surface area contributed by atoms with Crippen molar-refractivity contribution in [2.24, 2.45) is 0 Å². The first-order chi connectivity index (χ1) is 8.25. The third kappa shape index (κ3) is 3.65. The Bertz CT molecular complexity index is 488. The average Bonchev–Trinajstić information content (AvgIpc) is 2.35. The van der Waals surface area contributed by atoms with E-state index < -0.39 is 0 Å². The number of nitrogens with zero attached hydrogens (tertiary/aromatic N) is 3. The van der Waals surface area contributed by atoms with Crippen molar-refractivity contribution in [3.05, 3.63) is 52.3 Å². The third-order valence-corrected chi connectivity index (χ3v) is 2.86. The lowest BCUT2D eigenvalue weighted by Crippen LogP contribution is -1.97. The molecule has 0 radical (unpaired) electrons. The van der Waals surface area contributed by atoms with Gasteiger partial charge in [-0.05, 0) is 43.0 Å². The summed E-state index contributed by atoms with van der Waals surface area (Å²) >= 11 is 11.7. The van der Waals surface area contributed by atoms with Crippen molar-refractivity contribution in [2.45, 2.75) is 19.3 Å². The van der Waals surface area contributed by atoms with Crippen LogP contribution in [0.15, 0.2) is 30.6 Å². The molecule has 0 N–H and O–H groups in total. The van der Waals surface area contributed by atoms with Gasteiger partial charge in [0.1, 0.15) is 0 Å². The molecule has 88 valence electrons. The average molecular weight is 268 g/mol. The van der Waals surface area contributed by atoms with E-state index in [1.165, 1.54) is 6.20 Å². The van der Waals surface area contributed by atoms with Crippen LogP contribution in [0.5, 0.6) is 0 Å². The minimum atomic E-state index is 0.238. The van der Waals surface area contributed by atoms with Crippen molar-refractivity contribution in [3.8, 4) is 0 Å². The van der Waals surface area contributed by atoms with E-state index >= 15 is 0 Å². The molecule has 0 unspecified atom stereocenters. The van der Waals surface area contributed by atoms with Crippen molar-refractivity contribution >= 4 is 23.2 Å². The maximum Gasteiger partial charge on any atom is 0.222 e. The molecule has 0 aliphatic carbocycles. The van der Waals surface area contributed by atoms with Crippen LogP contribution in [0.1, 0.15) is 17.8 Å². The van der Waals surface area contributed by atoms with Gasteiger partial charge in [-0.25, -0.2) is 9.97 Å². The summed E-state index contributed by atoms with van der Waals surface area (Å²) in [5.41, 5.74) is 1.87. The predicted molar refractivity (Wildman–Crippen MR) is 68.3 cm³/mol. The molecule has 0 atom stereocenters. The second kappa shape index (κ2) is 5.94. The topological polar surface area (TPSA) is 38.7 Å². The summed E-state index contributed by atoms with van der Waals surface area (Å²) in [6.45, 7) is 0. The molecule has 0 saturated heterocycles. The minimum absolute atomic E-state index is 0.238. The number of pyridine rings is 1. The Morgan fingerprint density at radius 2 is 1.94 bits per heavy atom. The van der Waals surface area contributed by atoms with Gasteiger partial charge in [0.2, 0.25) is 5.28 Å². The van der Waals surface area contributed by atoms with Gasteiger partial charge in [-0.3, -0.25) is 4.98 Å². The lowest BCUT2D eigenvalue weighted by Gasteiger charge is -2.03. The predicted octanol–water partition coefficient (Wildman–Crippen LogP) is 3.35. The van der Waals surface area contributed by atoms with E-state index in [0.29, 0.717) is 5.02 Å². The summed E-state index contributed by atoms with van der Waals surface area (Å²) < 4.78 is 0. The molecule has 2 aromatic rings. The summed E-state index contributed by atoms with van der Waals surface area (Å²) in [7, 11) is 0. The minimum Gasteiger partial charge on any atom is -0.261 e. The van der Waals surface area contributed by atoms with Gasteiger partial charge in [-0.2, -0.15) is 0 Å². The number of aromatic nitrogens is 3. The Morgan fingerprint density at radius 3 is 2.71 bits per heavy atom. The third-order valence-electron chi connectivity index (χ3n) is 2.36. The maximum atomic E-state index is 5.98. The van der Waals surface area contributed by atoms with E-state index in [1.54, 1.807) is 6.20 Å². The highest BCUT2D eigenvalue weighted by atomic mass is 35.5. The van der Waals surface area contributed by atoms with Gasteiger partial charge in [-0.15, -0.1) is 0 Å². The van der Waals surface area contributed by atoms with Crippen molar-refractivity contribution in [3.63, 3.8) is 0 Å². The van der Waals surface area contributed by atoms with Crippen LogP contribution in [-0.2, 0) is 12.8 Å². The van der Waals surface area contributed by atoms with Crippen LogP contribution in [-0.4, -0.2) is 15.0 Å². The number of aryl methyl sites for hydroxylation is 2. The fourth-order valence-electron chi connectivity index (χ4n) is 1.54. The monoisotopic (exact) mass is 267 g/mol. The van der Waals surface area contributed by atoms with Crippen LogP contribution in [0.3, 0.4) is 0 Å². The molecule has 0 amide bonds. The molecule has 17 heavy (non-hydrogen) atoms. The van der Waals surface area contributed by atoms with E-state index in [0.717, 1.165) is 30.7 Å². The summed E-state index contributed by atoms with van der Waals surface area (Å²) in [6.07, 6.45) is 5.94. The van der Waals surface area contributed by atoms with E-state index in [9.17, 15) is 0 Å². The normalized spacial score (nSPS) is 10.5. The van der Waals surface area contributed by atoms with Crippen LogP contribution < -0.4 is 0 Å². The SMILES string of the molecule is Clc1ncc(Cl)c(CCCc2ccccn2)n1. The van der Waals surface area contributed by atoms with Crippen LogP contribution >= 0.6 is 23.2 Å². The number of hydrogen-bond acceptors (Lipinski definition) is 3. The van der Waals surface area contributed by atoms with Crippen LogP contribution in [0.2, 0.25) is 10.3 Å². The Labute approximate surface area is 110 Å². The fourth-order valence-corrected chi connectivity index (χ4v) is 1.87. The van der Waals surface area contributed by atoms with Gasteiger partial charge in [0.25, 0.3) is 0 Å². The van der Waals surface area contributed by atoms with E-state index in [4.69, 9.17) is 23.2 Å². The molecule has 2 heterocycles. The molecule has 3 nitrogen and oxygen atoms in total. The summed E-state index contributed by atoms with van der Waals surface area (Å²) in [5.74, 6) is 0. The summed E-state index contributed by atoms with van der Waals surface area (Å²) in [4.78, 5) is 12.2. The van der Waals surface area contributed by atoms with Gasteiger partial charge in [0.05, 0.1) is 16.9 Å². The Morgan fingerprint density at radius 1 is 1.06 bits per heavy atom. The first-order valence-electron chi connectivity index (χ1n) is 5.32. The highest BCUT2D eigenvalue weighted by molar-refractivity contribution is 6.31. The molecule has 0 spiro atoms. The van der Waals surface area contributed by atoms with Gasteiger partial charge in [0, 0.05) is 11.9 Å². The zero-order valence-corrected chi connectivity index (χ0v) is 10.6. The smallest absolute Gasteiger partial charge is 0.222 e. The Kier molecular flexibility index (Phi) is 4.29. The van der Waals surface area contributed by atoms with Crippen molar-refractivity contribution in [1.82, 2.24) is 15.0 Å². The van der Waals surface area contributed by atoms with Crippen molar-refractivity contribution < 1.29 is 0 Å². The number of rotatable bonds is 4. The van der Waals surface area contributed by atoms with Crippen molar-refractivity contribution in [1.29, 1.82) is 0 Å². The van der Waals surface area contributed by atoms with Crippen LogP contribution in [0.4, 0.5) is 0 Å². The molecule has 0 fully saturated rings. The quantitative estimate of drug-likeness (QED) is 0.798. The zero-order chi connectivity index (χ0) is 12.1.